The maximum absolute atomic E-state index is 12.8. The quantitative estimate of drug-likeness (QED) is 0.105. The number of rotatable bonds is 19. The predicted octanol–water partition coefficient (Wildman–Crippen LogP) is 7.64. The molecule has 0 aliphatic carbocycles. The number of carbonyl (C=O) groups excluding carboxylic acids is 1. The molecule has 2 rings (SSSR count). The number of quaternary nitrogens is 2. The maximum atomic E-state index is 12.8. The smallest absolute Gasteiger partial charge is 0.306 e. The Morgan fingerprint density at radius 3 is 1.37 bits per heavy atom. The highest BCUT2D eigenvalue weighted by atomic mass is 16.5. The van der Waals surface area contributed by atoms with Gasteiger partial charge in [0, 0.05) is 6.42 Å². The Kier molecular flexibility index (Phi) is 15.5. The molecule has 2 fully saturated rings. The molecule has 2 aliphatic rings. The number of likely N-dealkylation sites (tertiary alicyclic amines) is 2. The van der Waals surface area contributed by atoms with E-state index >= 15 is 0 Å². The van der Waals surface area contributed by atoms with E-state index in [-0.39, 0.29) is 12.1 Å². The molecule has 2 aliphatic heterocycles. The second-order valence-corrected chi connectivity index (χ2v) is 12.7. The van der Waals surface area contributed by atoms with Crippen LogP contribution in [0, 0.1) is 0 Å². The van der Waals surface area contributed by atoms with Crippen molar-refractivity contribution < 1.29 is 18.5 Å². The Hall–Kier alpha value is -0.610. The number of hydrogen-bond acceptors (Lipinski definition) is 2. The van der Waals surface area contributed by atoms with E-state index in [2.05, 4.69) is 21.0 Å². The molecule has 0 bridgehead atoms. The third-order valence-electron chi connectivity index (χ3n) is 8.86. The molecule has 0 amide bonds. The summed E-state index contributed by atoms with van der Waals surface area (Å²) in [5.74, 6) is 0.0605. The number of ether oxygens (including phenoxy) is 1. The van der Waals surface area contributed by atoms with Crippen LogP contribution in [0.5, 0.6) is 0 Å². The second-order valence-electron chi connectivity index (χ2n) is 12.7. The van der Waals surface area contributed by atoms with Gasteiger partial charge in [-0.3, -0.25) is 4.79 Å². The fraction of sp³-hybridized carbons (Fsp3) is 0.968. The number of hydrogen-bond donors (Lipinski definition) is 0. The van der Waals surface area contributed by atoms with Crippen molar-refractivity contribution in [1.82, 2.24) is 0 Å². The van der Waals surface area contributed by atoms with Crippen LogP contribution < -0.4 is 0 Å². The van der Waals surface area contributed by atoms with Crippen LogP contribution in [0.1, 0.15) is 135 Å². The van der Waals surface area contributed by atoms with Gasteiger partial charge in [-0.2, -0.15) is 0 Å². The SMILES string of the molecule is CCCCCCCCCCCCCCCC(=O)OC(C[N+]1(C)CCCCC1)C[N+]1(C)CCCCC1. The van der Waals surface area contributed by atoms with Gasteiger partial charge in [0.05, 0.1) is 40.3 Å². The van der Waals surface area contributed by atoms with Gasteiger partial charge in [0.15, 0.2) is 6.10 Å². The first-order valence-electron chi connectivity index (χ1n) is 15.8. The van der Waals surface area contributed by atoms with Crippen molar-refractivity contribution in [3.05, 3.63) is 0 Å². The summed E-state index contributed by atoms with van der Waals surface area (Å²) in [7, 11) is 4.78. The van der Waals surface area contributed by atoms with Gasteiger partial charge in [0.1, 0.15) is 13.1 Å². The molecule has 0 aromatic heterocycles. The molecule has 206 valence electrons. The number of unbranched alkanes of at least 4 members (excludes halogenated alkanes) is 12. The van der Waals surface area contributed by atoms with Crippen molar-refractivity contribution in [1.29, 1.82) is 0 Å². The number of piperidine rings is 2. The van der Waals surface area contributed by atoms with E-state index in [0.29, 0.717) is 6.42 Å². The van der Waals surface area contributed by atoms with E-state index in [4.69, 9.17) is 4.74 Å². The number of esters is 1. The number of nitrogens with zero attached hydrogens (tertiary/aromatic N) is 2. The zero-order chi connectivity index (χ0) is 25.2. The lowest BCUT2D eigenvalue weighted by Crippen LogP contribution is -2.58. The van der Waals surface area contributed by atoms with E-state index in [1.54, 1.807) is 0 Å². The zero-order valence-corrected chi connectivity index (χ0v) is 24.2. The van der Waals surface area contributed by atoms with Crippen molar-refractivity contribution in [2.75, 3.05) is 53.4 Å². The Morgan fingerprint density at radius 2 is 0.971 bits per heavy atom. The van der Waals surface area contributed by atoms with Crippen molar-refractivity contribution in [3.63, 3.8) is 0 Å². The maximum Gasteiger partial charge on any atom is 0.306 e. The Morgan fingerprint density at radius 1 is 0.600 bits per heavy atom. The van der Waals surface area contributed by atoms with Crippen LogP contribution in [0.25, 0.3) is 0 Å². The Balaban J connectivity index is 1.60. The minimum atomic E-state index is 0.0605. The third kappa shape index (κ3) is 14.1. The molecule has 0 radical (unpaired) electrons. The van der Waals surface area contributed by atoms with E-state index < -0.39 is 0 Å². The fourth-order valence-electron chi connectivity index (χ4n) is 6.56. The van der Waals surface area contributed by atoms with Gasteiger partial charge in [-0.1, -0.05) is 84.0 Å². The van der Waals surface area contributed by atoms with E-state index in [9.17, 15) is 4.79 Å². The summed E-state index contributed by atoms with van der Waals surface area (Å²) in [6.45, 7) is 9.30. The second kappa shape index (κ2) is 17.8. The van der Waals surface area contributed by atoms with Crippen LogP contribution in [-0.2, 0) is 9.53 Å². The third-order valence-corrected chi connectivity index (χ3v) is 8.86. The van der Waals surface area contributed by atoms with Gasteiger partial charge in [0.25, 0.3) is 0 Å². The summed E-state index contributed by atoms with van der Waals surface area (Å²) in [6.07, 6.45) is 26.1. The molecule has 0 aromatic carbocycles. The molecule has 0 saturated carbocycles. The van der Waals surface area contributed by atoms with Gasteiger partial charge < -0.3 is 13.7 Å². The number of carbonyl (C=O) groups is 1. The van der Waals surface area contributed by atoms with Crippen LogP contribution in [0.4, 0.5) is 0 Å². The van der Waals surface area contributed by atoms with Crippen molar-refractivity contribution in [3.8, 4) is 0 Å². The van der Waals surface area contributed by atoms with Gasteiger partial charge >= 0.3 is 5.97 Å². The van der Waals surface area contributed by atoms with Crippen molar-refractivity contribution >= 4 is 5.97 Å². The van der Waals surface area contributed by atoms with Gasteiger partial charge in [-0.25, -0.2) is 0 Å². The van der Waals surface area contributed by atoms with Crippen LogP contribution in [0.2, 0.25) is 0 Å². The number of likely N-dealkylation sites (N-methyl/N-ethyl adjacent to an activating group) is 2. The molecular formula is C31H62N2O2+2. The topological polar surface area (TPSA) is 26.3 Å². The predicted molar refractivity (Wildman–Crippen MR) is 149 cm³/mol. The monoisotopic (exact) mass is 494 g/mol. The summed E-state index contributed by atoms with van der Waals surface area (Å²) >= 11 is 0. The van der Waals surface area contributed by atoms with Gasteiger partial charge in [0.2, 0.25) is 0 Å². The largest absolute Gasteiger partial charge is 0.450 e. The van der Waals surface area contributed by atoms with Gasteiger partial charge in [-0.05, 0) is 44.9 Å². The molecule has 0 aromatic rings. The highest BCUT2D eigenvalue weighted by molar-refractivity contribution is 5.69. The first-order chi connectivity index (χ1) is 16.9. The lowest BCUT2D eigenvalue weighted by atomic mass is 10.0. The van der Waals surface area contributed by atoms with Crippen LogP contribution in [0.3, 0.4) is 0 Å². The minimum Gasteiger partial charge on any atom is -0.450 e. The fourth-order valence-corrected chi connectivity index (χ4v) is 6.56. The molecule has 0 spiro atoms. The summed E-state index contributed by atoms with van der Waals surface area (Å²) in [4.78, 5) is 12.8. The molecule has 0 atom stereocenters. The lowest BCUT2D eigenvalue weighted by Gasteiger charge is -2.43. The molecule has 4 nitrogen and oxygen atoms in total. The average molecular weight is 495 g/mol. The molecule has 0 N–H and O–H groups in total. The summed E-state index contributed by atoms with van der Waals surface area (Å²) in [5.41, 5.74) is 0. The molecule has 2 saturated heterocycles. The van der Waals surface area contributed by atoms with Crippen LogP contribution in [-0.4, -0.2) is 74.4 Å². The highest BCUT2D eigenvalue weighted by Gasteiger charge is 2.36. The summed E-state index contributed by atoms with van der Waals surface area (Å²) in [6, 6.07) is 0. The van der Waals surface area contributed by atoms with Gasteiger partial charge in [-0.15, -0.1) is 0 Å². The van der Waals surface area contributed by atoms with Crippen molar-refractivity contribution in [2.24, 2.45) is 0 Å². The van der Waals surface area contributed by atoms with E-state index in [0.717, 1.165) is 28.5 Å². The highest BCUT2D eigenvalue weighted by Crippen LogP contribution is 2.22. The standard InChI is InChI=1S/C31H62N2O2/c1-4-5-6-7-8-9-10-11-12-13-14-15-18-23-31(34)35-30(28-32(2)24-19-16-20-25-32)29-33(3)26-21-17-22-27-33/h30H,4-29H2,1-3H3/q+2. The van der Waals surface area contributed by atoms with E-state index in [1.165, 1.54) is 142 Å². The summed E-state index contributed by atoms with van der Waals surface area (Å²) in [5, 5.41) is 0. The minimum absolute atomic E-state index is 0.0605. The Bertz CT molecular complexity index is 512. The normalized spacial score (nSPS) is 19.7. The lowest BCUT2D eigenvalue weighted by molar-refractivity contribution is -0.936. The molecule has 4 heteroatoms. The molecule has 2 heterocycles. The first kappa shape index (κ1) is 30.6. The first-order valence-corrected chi connectivity index (χ1v) is 15.8. The van der Waals surface area contributed by atoms with E-state index in [1.807, 2.05) is 0 Å². The molecule has 0 unspecified atom stereocenters. The summed E-state index contributed by atoms with van der Waals surface area (Å²) < 4.78 is 8.41. The van der Waals surface area contributed by atoms with Crippen LogP contribution >= 0.6 is 0 Å². The van der Waals surface area contributed by atoms with Crippen LogP contribution in [0.15, 0.2) is 0 Å². The molecular weight excluding hydrogens is 432 g/mol. The zero-order valence-electron chi connectivity index (χ0n) is 24.2. The molecule has 35 heavy (non-hydrogen) atoms. The Labute approximate surface area is 219 Å². The average Bonchev–Trinajstić information content (AvgIpc) is 2.82. The van der Waals surface area contributed by atoms with Crippen molar-refractivity contribution in [2.45, 2.75) is 141 Å².